The van der Waals surface area contributed by atoms with E-state index in [2.05, 4.69) is 50.1 Å². The molecule has 0 atom stereocenters. The molecule has 0 saturated carbocycles. The zero-order valence-corrected chi connectivity index (χ0v) is 14.0. The van der Waals surface area contributed by atoms with Gasteiger partial charge in [0.25, 0.3) is 0 Å². The summed E-state index contributed by atoms with van der Waals surface area (Å²) in [4.78, 5) is 0. The predicted octanol–water partition coefficient (Wildman–Crippen LogP) is 5.53. The Morgan fingerprint density at radius 2 is 1.62 bits per heavy atom. The number of hydrogen-bond donors (Lipinski definition) is 0. The van der Waals surface area contributed by atoms with E-state index in [-0.39, 0.29) is 0 Å². The first-order chi connectivity index (χ1) is 11.7. The van der Waals surface area contributed by atoms with Gasteiger partial charge in [-0.1, -0.05) is 60.0 Å². The molecule has 0 aliphatic rings. The van der Waals surface area contributed by atoms with Crippen LogP contribution in [0.4, 0.5) is 0 Å². The molecule has 0 heterocycles. The molecule has 0 spiro atoms. The zero-order valence-electron chi connectivity index (χ0n) is 14.0. The topological polar surface area (TPSA) is 9.23 Å². The van der Waals surface area contributed by atoms with Crippen molar-refractivity contribution in [2.45, 2.75) is 20.5 Å². The summed E-state index contributed by atoms with van der Waals surface area (Å²) in [7, 11) is 0. The van der Waals surface area contributed by atoms with Gasteiger partial charge in [-0.25, -0.2) is 0 Å². The van der Waals surface area contributed by atoms with Crippen molar-refractivity contribution >= 4 is 0 Å². The molecule has 0 amide bonds. The van der Waals surface area contributed by atoms with Crippen LogP contribution in [0.5, 0.6) is 5.75 Å². The van der Waals surface area contributed by atoms with E-state index in [0.29, 0.717) is 6.61 Å². The molecule has 3 aromatic rings. The molecule has 0 fully saturated rings. The van der Waals surface area contributed by atoms with Crippen molar-refractivity contribution in [2.75, 3.05) is 0 Å². The van der Waals surface area contributed by atoms with Crippen molar-refractivity contribution in [3.63, 3.8) is 0 Å². The second-order valence-corrected chi connectivity index (χ2v) is 5.95. The standard InChI is InChI=1S/C23H20O/c1-4-19-11-13-22(21-12-10-17(2)14-18(21)3)23(15-19)24-16-20-8-6-5-7-9-20/h1,5-15H,16H2,2-3H3. The van der Waals surface area contributed by atoms with Gasteiger partial charge in [0.1, 0.15) is 12.4 Å². The Morgan fingerprint density at radius 1 is 0.875 bits per heavy atom. The lowest BCUT2D eigenvalue weighted by Crippen LogP contribution is -1.98. The summed E-state index contributed by atoms with van der Waals surface area (Å²) in [6.45, 7) is 4.75. The highest BCUT2D eigenvalue weighted by Gasteiger charge is 2.10. The second kappa shape index (κ2) is 7.06. The maximum Gasteiger partial charge on any atom is 0.128 e. The van der Waals surface area contributed by atoms with E-state index in [4.69, 9.17) is 11.2 Å². The van der Waals surface area contributed by atoms with E-state index in [1.54, 1.807) is 0 Å². The Hall–Kier alpha value is -2.98. The van der Waals surface area contributed by atoms with E-state index < -0.39 is 0 Å². The Kier molecular flexibility index (Phi) is 4.68. The summed E-state index contributed by atoms with van der Waals surface area (Å²) in [5.41, 5.74) is 6.69. The minimum absolute atomic E-state index is 0.521. The van der Waals surface area contributed by atoms with Gasteiger partial charge in [0.15, 0.2) is 0 Å². The van der Waals surface area contributed by atoms with Crippen molar-refractivity contribution in [2.24, 2.45) is 0 Å². The smallest absolute Gasteiger partial charge is 0.128 e. The van der Waals surface area contributed by atoms with E-state index >= 15 is 0 Å². The average molecular weight is 312 g/mol. The Balaban J connectivity index is 1.98. The molecule has 0 aliphatic carbocycles. The summed E-state index contributed by atoms with van der Waals surface area (Å²) in [6.07, 6.45) is 5.56. The highest BCUT2D eigenvalue weighted by Crippen LogP contribution is 2.34. The third-order valence-electron chi connectivity index (χ3n) is 4.06. The molecule has 3 aromatic carbocycles. The maximum atomic E-state index is 6.11. The number of terminal acetylenes is 1. The second-order valence-electron chi connectivity index (χ2n) is 5.95. The SMILES string of the molecule is C#Cc1ccc(-c2ccc(C)cc2C)c(OCc2ccccc2)c1. The quantitative estimate of drug-likeness (QED) is 0.575. The lowest BCUT2D eigenvalue weighted by Gasteiger charge is -2.14. The van der Waals surface area contributed by atoms with Crippen LogP contribution in [0.2, 0.25) is 0 Å². The highest BCUT2D eigenvalue weighted by molar-refractivity contribution is 5.74. The van der Waals surface area contributed by atoms with Crippen LogP contribution in [-0.2, 0) is 6.61 Å². The van der Waals surface area contributed by atoms with Gasteiger partial charge >= 0.3 is 0 Å². The van der Waals surface area contributed by atoms with Gasteiger partial charge in [-0.15, -0.1) is 6.42 Å². The number of rotatable bonds is 4. The molecule has 0 bridgehead atoms. The zero-order chi connectivity index (χ0) is 16.9. The van der Waals surface area contributed by atoms with Crippen molar-refractivity contribution < 1.29 is 4.74 Å². The highest BCUT2D eigenvalue weighted by atomic mass is 16.5. The number of aryl methyl sites for hydroxylation is 2. The Labute approximate surface area is 143 Å². The normalized spacial score (nSPS) is 10.2. The van der Waals surface area contributed by atoms with Crippen LogP contribution in [0.25, 0.3) is 11.1 Å². The summed E-state index contributed by atoms with van der Waals surface area (Å²) in [6, 6.07) is 22.6. The van der Waals surface area contributed by atoms with Gasteiger partial charge in [0.2, 0.25) is 0 Å². The Bertz CT molecular complexity index is 886. The van der Waals surface area contributed by atoms with E-state index in [1.807, 2.05) is 36.4 Å². The van der Waals surface area contributed by atoms with Crippen LogP contribution < -0.4 is 4.74 Å². The minimum Gasteiger partial charge on any atom is -0.488 e. The summed E-state index contributed by atoms with van der Waals surface area (Å²) < 4.78 is 6.11. The summed E-state index contributed by atoms with van der Waals surface area (Å²) in [5.74, 6) is 3.51. The molecular formula is C23H20O. The molecule has 0 saturated heterocycles. The fourth-order valence-corrected chi connectivity index (χ4v) is 2.81. The molecule has 1 heteroatoms. The third kappa shape index (κ3) is 3.50. The van der Waals surface area contributed by atoms with Gasteiger partial charge in [-0.2, -0.15) is 0 Å². The molecule has 0 aliphatic heterocycles. The van der Waals surface area contributed by atoms with Crippen molar-refractivity contribution in [1.82, 2.24) is 0 Å². The number of benzene rings is 3. The lowest BCUT2D eigenvalue weighted by atomic mass is 9.97. The first kappa shape index (κ1) is 15.9. The van der Waals surface area contributed by atoms with Crippen LogP contribution >= 0.6 is 0 Å². The minimum atomic E-state index is 0.521. The predicted molar refractivity (Wildman–Crippen MR) is 100 cm³/mol. The third-order valence-corrected chi connectivity index (χ3v) is 4.06. The Morgan fingerprint density at radius 3 is 2.33 bits per heavy atom. The van der Waals surface area contributed by atoms with Crippen LogP contribution in [0, 0.1) is 26.2 Å². The summed E-state index contributed by atoms with van der Waals surface area (Å²) >= 11 is 0. The van der Waals surface area contributed by atoms with E-state index in [0.717, 1.165) is 22.4 Å². The molecule has 0 N–H and O–H groups in total. The van der Waals surface area contributed by atoms with Crippen molar-refractivity contribution in [1.29, 1.82) is 0 Å². The van der Waals surface area contributed by atoms with Gasteiger partial charge < -0.3 is 4.74 Å². The molecule has 0 aromatic heterocycles. The van der Waals surface area contributed by atoms with Crippen LogP contribution in [0.15, 0.2) is 66.7 Å². The van der Waals surface area contributed by atoms with E-state index in [1.165, 1.54) is 16.7 Å². The van der Waals surface area contributed by atoms with Crippen molar-refractivity contribution in [3.8, 4) is 29.2 Å². The molecule has 0 radical (unpaired) electrons. The van der Waals surface area contributed by atoms with Gasteiger partial charge in [0.05, 0.1) is 0 Å². The molecule has 3 rings (SSSR count). The monoisotopic (exact) mass is 312 g/mol. The molecule has 24 heavy (non-hydrogen) atoms. The molecular weight excluding hydrogens is 292 g/mol. The fraction of sp³-hybridized carbons (Fsp3) is 0.130. The summed E-state index contributed by atoms with van der Waals surface area (Å²) in [5, 5.41) is 0. The van der Waals surface area contributed by atoms with Gasteiger partial charge in [0, 0.05) is 11.1 Å². The number of hydrogen-bond acceptors (Lipinski definition) is 1. The number of ether oxygens (including phenoxy) is 1. The van der Waals surface area contributed by atoms with Gasteiger partial charge in [-0.05, 0) is 48.7 Å². The van der Waals surface area contributed by atoms with Crippen LogP contribution in [0.3, 0.4) is 0 Å². The van der Waals surface area contributed by atoms with Gasteiger partial charge in [-0.3, -0.25) is 0 Å². The average Bonchev–Trinajstić information content (AvgIpc) is 2.61. The largest absolute Gasteiger partial charge is 0.488 e. The van der Waals surface area contributed by atoms with Crippen LogP contribution in [0.1, 0.15) is 22.3 Å². The first-order valence-electron chi connectivity index (χ1n) is 8.02. The molecule has 1 nitrogen and oxygen atoms in total. The lowest BCUT2D eigenvalue weighted by molar-refractivity contribution is 0.307. The first-order valence-corrected chi connectivity index (χ1v) is 8.02. The maximum absolute atomic E-state index is 6.11. The molecule has 0 unspecified atom stereocenters. The van der Waals surface area contributed by atoms with Crippen molar-refractivity contribution in [3.05, 3.63) is 89.0 Å². The van der Waals surface area contributed by atoms with E-state index in [9.17, 15) is 0 Å². The fourth-order valence-electron chi connectivity index (χ4n) is 2.81. The van der Waals surface area contributed by atoms with Crippen LogP contribution in [-0.4, -0.2) is 0 Å². The molecule has 118 valence electrons.